The molecule has 166 valence electrons. The van der Waals surface area contributed by atoms with E-state index < -0.39 is 35.2 Å². The first-order chi connectivity index (χ1) is 14.5. The molecule has 3 rings (SSSR count). The summed E-state index contributed by atoms with van der Waals surface area (Å²) in [6.45, 7) is 7.32. The first kappa shape index (κ1) is 22.7. The van der Waals surface area contributed by atoms with Crippen molar-refractivity contribution in [1.29, 1.82) is 0 Å². The zero-order valence-electron chi connectivity index (χ0n) is 18.2. The van der Waals surface area contributed by atoms with Crippen molar-refractivity contribution in [3.8, 4) is 0 Å². The van der Waals surface area contributed by atoms with E-state index in [-0.39, 0.29) is 30.6 Å². The summed E-state index contributed by atoms with van der Waals surface area (Å²) in [5.74, 6) is -3.03. The third-order valence-electron chi connectivity index (χ3n) is 5.33. The summed E-state index contributed by atoms with van der Waals surface area (Å²) >= 11 is 0. The molecule has 0 aliphatic carbocycles. The molecule has 0 spiro atoms. The Labute approximate surface area is 181 Å². The van der Waals surface area contributed by atoms with Gasteiger partial charge in [-0.1, -0.05) is 36.4 Å². The second kappa shape index (κ2) is 9.04. The summed E-state index contributed by atoms with van der Waals surface area (Å²) in [7, 11) is 0. The maximum atomic E-state index is 14.6. The fraction of sp³-hybridized carbons (Fsp3) is 0.417. The van der Waals surface area contributed by atoms with Gasteiger partial charge in [0.15, 0.2) is 0 Å². The highest BCUT2D eigenvalue weighted by Crippen LogP contribution is 2.35. The summed E-state index contributed by atoms with van der Waals surface area (Å²) in [5.41, 5.74) is 0.443. The van der Waals surface area contributed by atoms with Gasteiger partial charge in [-0.05, 0) is 44.9 Å². The van der Waals surface area contributed by atoms with Gasteiger partial charge in [0.25, 0.3) is 0 Å². The predicted molar refractivity (Wildman–Crippen MR) is 113 cm³/mol. The van der Waals surface area contributed by atoms with Gasteiger partial charge in [0.1, 0.15) is 17.2 Å². The molecule has 1 N–H and O–H groups in total. The van der Waals surface area contributed by atoms with Crippen molar-refractivity contribution in [3.05, 3.63) is 71.3 Å². The van der Waals surface area contributed by atoms with E-state index in [9.17, 15) is 18.4 Å². The van der Waals surface area contributed by atoms with Gasteiger partial charge in [-0.25, -0.2) is 13.6 Å². The zero-order chi connectivity index (χ0) is 22.8. The van der Waals surface area contributed by atoms with E-state index in [2.05, 4.69) is 5.32 Å². The lowest BCUT2D eigenvalue weighted by molar-refractivity contribution is -0.125. The number of likely N-dealkylation sites (tertiary alicyclic amines) is 1. The maximum Gasteiger partial charge on any atom is 0.410 e. The van der Waals surface area contributed by atoms with Crippen molar-refractivity contribution in [2.75, 3.05) is 13.1 Å². The van der Waals surface area contributed by atoms with Crippen molar-refractivity contribution in [2.24, 2.45) is 5.92 Å². The minimum Gasteiger partial charge on any atom is -0.444 e. The van der Waals surface area contributed by atoms with E-state index in [1.54, 1.807) is 20.8 Å². The molecule has 3 atom stereocenters. The molecule has 7 heteroatoms. The Morgan fingerprint density at radius 2 is 1.77 bits per heavy atom. The van der Waals surface area contributed by atoms with Crippen molar-refractivity contribution < 1.29 is 23.1 Å². The highest BCUT2D eigenvalue weighted by Gasteiger charge is 2.43. The Morgan fingerprint density at radius 1 is 1.10 bits per heavy atom. The molecule has 1 saturated heterocycles. The van der Waals surface area contributed by atoms with Crippen molar-refractivity contribution in [2.45, 2.75) is 45.3 Å². The molecule has 1 aliphatic rings. The maximum absolute atomic E-state index is 14.6. The number of carbonyl (C=O) groups excluding carboxylic acids is 2. The number of hydrogen-bond donors (Lipinski definition) is 1. The molecule has 2 amide bonds. The van der Waals surface area contributed by atoms with Gasteiger partial charge < -0.3 is 15.0 Å². The fourth-order valence-corrected chi connectivity index (χ4v) is 3.81. The van der Waals surface area contributed by atoms with Crippen molar-refractivity contribution >= 4 is 12.0 Å². The fourth-order valence-electron chi connectivity index (χ4n) is 3.81. The molecule has 1 aliphatic heterocycles. The predicted octanol–water partition coefficient (Wildman–Crippen LogP) is 4.79. The molecule has 0 saturated carbocycles. The second-order valence-corrected chi connectivity index (χ2v) is 8.91. The van der Waals surface area contributed by atoms with E-state index in [4.69, 9.17) is 4.74 Å². The molecule has 0 unspecified atom stereocenters. The topological polar surface area (TPSA) is 58.6 Å². The zero-order valence-corrected chi connectivity index (χ0v) is 18.2. The molecule has 1 heterocycles. The van der Waals surface area contributed by atoms with Gasteiger partial charge in [-0.2, -0.15) is 0 Å². The molecule has 2 aromatic rings. The first-order valence-corrected chi connectivity index (χ1v) is 10.3. The van der Waals surface area contributed by atoms with Crippen molar-refractivity contribution in [3.63, 3.8) is 0 Å². The lowest BCUT2D eigenvalue weighted by Gasteiger charge is -2.24. The van der Waals surface area contributed by atoms with Crippen LogP contribution >= 0.6 is 0 Å². The number of nitrogens with one attached hydrogen (secondary N) is 1. The molecule has 5 nitrogen and oxygen atoms in total. The Kier molecular flexibility index (Phi) is 6.62. The Morgan fingerprint density at radius 3 is 2.39 bits per heavy atom. The van der Waals surface area contributed by atoms with Crippen LogP contribution in [0.1, 0.15) is 50.8 Å². The quantitative estimate of drug-likeness (QED) is 0.759. The Balaban J connectivity index is 1.84. The standard InChI is InChI=1S/C24H28F2N2O3/c1-15(16-8-6-5-7-9-16)27-22(29)20-14-28(23(30)31-24(2,3)4)13-19(20)18-11-10-17(25)12-21(18)26/h5-12,15,19-20H,13-14H2,1-4H3,(H,27,29)/t15-,19+,20-/m1/s1. The van der Waals surface area contributed by atoms with Crippen LogP contribution in [-0.2, 0) is 9.53 Å². The number of rotatable bonds is 4. The number of ether oxygens (including phenoxy) is 1. The molecular formula is C24H28F2N2O3. The SMILES string of the molecule is C[C@@H](NC(=O)[C@@H]1CN(C(=O)OC(C)(C)C)C[C@H]1c1ccc(F)cc1F)c1ccccc1. The van der Waals surface area contributed by atoms with Gasteiger partial charge >= 0.3 is 6.09 Å². The second-order valence-electron chi connectivity index (χ2n) is 8.91. The minimum absolute atomic E-state index is 0.0870. The van der Waals surface area contributed by atoms with Gasteiger partial charge in [0.2, 0.25) is 5.91 Å². The van der Waals surface area contributed by atoms with Crippen LogP contribution in [0.4, 0.5) is 13.6 Å². The van der Waals surface area contributed by atoms with Crippen LogP contribution < -0.4 is 5.32 Å². The van der Waals surface area contributed by atoms with Crippen LogP contribution in [0.2, 0.25) is 0 Å². The van der Waals surface area contributed by atoms with Gasteiger partial charge in [-0.3, -0.25) is 4.79 Å². The van der Waals surface area contributed by atoms with Crippen LogP contribution in [0, 0.1) is 17.6 Å². The van der Waals surface area contributed by atoms with E-state index in [1.165, 1.54) is 11.0 Å². The van der Waals surface area contributed by atoms with E-state index in [1.807, 2.05) is 37.3 Å². The number of nitrogens with zero attached hydrogens (tertiary/aromatic N) is 1. The number of carbonyl (C=O) groups is 2. The summed E-state index contributed by atoms with van der Waals surface area (Å²) in [6.07, 6.45) is -0.563. The third kappa shape index (κ3) is 5.60. The number of amides is 2. The third-order valence-corrected chi connectivity index (χ3v) is 5.33. The normalized spacial score (nSPS) is 19.7. The number of halogens is 2. The molecule has 0 aromatic heterocycles. The summed E-state index contributed by atoms with van der Waals surface area (Å²) < 4.78 is 33.4. The largest absolute Gasteiger partial charge is 0.444 e. The van der Waals surface area contributed by atoms with Gasteiger partial charge in [0, 0.05) is 25.1 Å². The van der Waals surface area contributed by atoms with E-state index in [0.717, 1.165) is 17.7 Å². The smallest absolute Gasteiger partial charge is 0.410 e. The minimum atomic E-state index is -0.732. The van der Waals surface area contributed by atoms with Crippen LogP contribution in [0.5, 0.6) is 0 Å². The summed E-state index contributed by atoms with van der Waals surface area (Å²) in [5, 5.41) is 2.96. The highest BCUT2D eigenvalue weighted by atomic mass is 19.1. The highest BCUT2D eigenvalue weighted by molar-refractivity contribution is 5.82. The molecular weight excluding hydrogens is 402 g/mol. The van der Waals surface area contributed by atoms with Crippen LogP contribution in [0.3, 0.4) is 0 Å². The summed E-state index contributed by atoms with van der Waals surface area (Å²) in [6, 6.07) is 12.5. The monoisotopic (exact) mass is 430 g/mol. The molecule has 0 radical (unpaired) electrons. The van der Waals surface area contributed by atoms with Crippen molar-refractivity contribution in [1.82, 2.24) is 10.2 Å². The van der Waals surface area contributed by atoms with E-state index in [0.29, 0.717) is 0 Å². The molecule has 31 heavy (non-hydrogen) atoms. The lowest BCUT2D eigenvalue weighted by Crippen LogP contribution is -2.38. The van der Waals surface area contributed by atoms with E-state index >= 15 is 0 Å². The van der Waals surface area contributed by atoms with Gasteiger partial charge in [-0.15, -0.1) is 0 Å². The summed E-state index contributed by atoms with van der Waals surface area (Å²) in [4.78, 5) is 27.2. The Hall–Kier alpha value is -2.96. The first-order valence-electron chi connectivity index (χ1n) is 10.3. The van der Waals surface area contributed by atoms with Crippen LogP contribution in [0.15, 0.2) is 48.5 Å². The average Bonchev–Trinajstić information content (AvgIpc) is 3.13. The number of hydrogen-bond acceptors (Lipinski definition) is 3. The van der Waals surface area contributed by atoms with Gasteiger partial charge in [0.05, 0.1) is 12.0 Å². The molecule has 1 fully saturated rings. The molecule has 2 aromatic carbocycles. The Bertz CT molecular complexity index is 944. The lowest BCUT2D eigenvalue weighted by atomic mass is 9.87. The van der Waals surface area contributed by atoms with Crippen LogP contribution in [0.25, 0.3) is 0 Å². The average molecular weight is 430 g/mol. The van der Waals surface area contributed by atoms with Crippen LogP contribution in [-0.4, -0.2) is 35.6 Å². The number of benzene rings is 2. The molecule has 0 bridgehead atoms.